The average Bonchev–Trinajstić information content (AvgIpc) is 3.02. The summed E-state index contributed by atoms with van der Waals surface area (Å²) in [5.41, 5.74) is 1.54. The van der Waals surface area contributed by atoms with Crippen LogP contribution in [-0.2, 0) is 17.1 Å². The Morgan fingerprint density at radius 1 is 1.19 bits per heavy atom. The van der Waals surface area contributed by atoms with Crippen molar-refractivity contribution in [2.45, 2.75) is 18.7 Å². The Labute approximate surface area is 155 Å². The van der Waals surface area contributed by atoms with E-state index in [-0.39, 0.29) is 10.6 Å². The van der Waals surface area contributed by atoms with E-state index in [4.69, 9.17) is 0 Å². The first-order valence-electron chi connectivity index (χ1n) is 7.92. The number of nitro groups is 1. The fourth-order valence-corrected chi connectivity index (χ4v) is 4.10. The first-order chi connectivity index (χ1) is 12.7. The van der Waals surface area contributed by atoms with Gasteiger partial charge < -0.3 is 4.57 Å². The number of nitrogens with zero attached hydrogens (tertiary/aromatic N) is 4. The van der Waals surface area contributed by atoms with E-state index in [1.165, 1.54) is 12.4 Å². The summed E-state index contributed by atoms with van der Waals surface area (Å²) in [5, 5.41) is 18.9. The minimum absolute atomic E-state index is 0.137. The summed E-state index contributed by atoms with van der Waals surface area (Å²) in [6.45, 7) is 3.25. The summed E-state index contributed by atoms with van der Waals surface area (Å²) in [6, 6.07) is 9.17. The number of benzene rings is 2. The minimum Gasteiger partial charge on any atom is -0.317 e. The second kappa shape index (κ2) is 6.80. The second-order valence-electron chi connectivity index (χ2n) is 6.06. The van der Waals surface area contributed by atoms with Crippen molar-refractivity contribution in [3.63, 3.8) is 0 Å². The summed E-state index contributed by atoms with van der Waals surface area (Å²) in [7, 11) is -2.32. The van der Waals surface area contributed by atoms with Crippen LogP contribution in [0.25, 0.3) is 11.4 Å². The van der Waals surface area contributed by atoms with Crippen LogP contribution < -0.4 is 4.72 Å². The lowest BCUT2D eigenvalue weighted by Gasteiger charge is -2.14. The van der Waals surface area contributed by atoms with Gasteiger partial charge in [-0.2, -0.15) is 0 Å². The van der Waals surface area contributed by atoms with E-state index < -0.39 is 14.9 Å². The SMILES string of the molecule is Cc1cc([N+](=O)[O-])cc(S(=O)(=O)Nc2ccccc2-c2nncn2C)c1C. The van der Waals surface area contributed by atoms with Crippen molar-refractivity contribution in [3.05, 3.63) is 64.0 Å². The van der Waals surface area contributed by atoms with Crippen LogP contribution in [0.4, 0.5) is 11.4 Å². The number of hydrogen-bond acceptors (Lipinski definition) is 6. The average molecular weight is 387 g/mol. The molecule has 0 atom stereocenters. The van der Waals surface area contributed by atoms with Gasteiger partial charge >= 0.3 is 0 Å². The molecule has 0 fully saturated rings. The summed E-state index contributed by atoms with van der Waals surface area (Å²) in [5.74, 6) is 0.486. The standard InChI is InChI=1S/C17H17N5O4S/c1-11-8-13(22(23)24)9-16(12(11)2)27(25,26)20-15-7-5-4-6-14(15)17-19-18-10-21(17)3/h4-10,20H,1-3H3. The van der Waals surface area contributed by atoms with E-state index in [1.54, 1.807) is 49.7 Å². The molecule has 27 heavy (non-hydrogen) atoms. The molecule has 0 radical (unpaired) electrons. The van der Waals surface area contributed by atoms with Crippen molar-refractivity contribution in [3.8, 4) is 11.4 Å². The monoisotopic (exact) mass is 387 g/mol. The van der Waals surface area contributed by atoms with Gasteiger partial charge in [-0.3, -0.25) is 14.8 Å². The molecule has 0 aliphatic heterocycles. The largest absolute Gasteiger partial charge is 0.317 e. The highest BCUT2D eigenvalue weighted by Gasteiger charge is 2.24. The zero-order chi connectivity index (χ0) is 19.8. The van der Waals surface area contributed by atoms with Crippen LogP contribution >= 0.6 is 0 Å². The number of aryl methyl sites for hydroxylation is 2. The van der Waals surface area contributed by atoms with Gasteiger partial charge in [-0.25, -0.2) is 8.42 Å². The molecule has 0 aliphatic carbocycles. The van der Waals surface area contributed by atoms with Crippen molar-refractivity contribution < 1.29 is 13.3 Å². The number of para-hydroxylation sites is 1. The molecule has 1 N–H and O–H groups in total. The zero-order valence-corrected chi connectivity index (χ0v) is 15.7. The molecule has 10 heteroatoms. The third-order valence-corrected chi connectivity index (χ3v) is 5.72. The summed E-state index contributed by atoms with van der Waals surface area (Å²) >= 11 is 0. The molecule has 3 rings (SSSR count). The normalized spacial score (nSPS) is 11.4. The van der Waals surface area contributed by atoms with Gasteiger partial charge in [0.05, 0.1) is 15.5 Å². The lowest BCUT2D eigenvalue weighted by Crippen LogP contribution is -2.16. The fourth-order valence-electron chi connectivity index (χ4n) is 2.69. The van der Waals surface area contributed by atoms with Gasteiger partial charge in [-0.15, -0.1) is 10.2 Å². The highest BCUT2D eigenvalue weighted by Crippen LogP contribution is 2.30. The van der Waals surface area contributed by atoms with E-state index in [2.05, 4.69) is 14.9 Å². The molecule has 0 unspecified atom stereocenters. The number of nitrogens with one attached hydrogen (secondary N) is 1. The van der Waals surface area contributed by atoms with Gasteiger partial charge in [0.25, 0.3) is 15.7 Å². The van der Waals surface area contributed by atoms with Crippen molar-refractivity contribution in [1.29, 1.82) is 0 Å². The van der Waals surface area contributed by atoms with Crippen molar-refractivity contribution in [2.75, 3.05) is 4.72 Å². The first-order valence-corrected chi connectivity index (χ1v) is 9.41. The Kier molecular flexibility index (Phi) is 4.66. The minimum atomic E-state index is -4.06. The molecular weight excluding hydrogens is 370 g/mol. The molecule has 9 nitrogen and oxygen atoms in total. The number of nitro benzene ring substituents is 1. The van der Waals surface area contributed by atoms with Crippen LogP contribution in [0, 0.1) is 24.0 Å². The van der Waals surface area contributed by atoms with Crippen molar-refractivity contribution in [2.24, 2.45) is 7.05 Å². The maximum Gasteiger partial charge on any atom is 0.271 e. The van der Waals surface area contributed by atoms with Crippen LogP contribution in [0.2, 0.25) is 0 Å². The summed E-state index contributed by atoms with van der Waals surface area (Å²) in [4.78, 5) is 10.4. The van der Waals surface area contributed by atoms with Crippen LogP contribution in [0.1, 0.15) is 11.1 Å². The molecule has 1 heterocycles. The Morgan fingerprint density at radius 2 is 1.89 bits per heavy atom. The summed E-state index contributed by atoms with van der Waals surface area (Å²) in [6.07, 6.45) is 1.51. The van der Waals surface area contributed by atoms with E-state index >= 15 is 0 Å². The highest BCUT2D eigenvalue weighted by molar-refractivity contribution is 7.92. The Bertz CT molecular complexity index is 1140. The third-order valence-electron chi connectivity index (χ3n) is 4.23. The quantitative estimate of drug-likeness (QED) is 0.531. The molecule has 0 amide bonds. The second-order valence-corrected chi connectivity index (χ2v) is 7.71. The third kappa shape index (κ3) is 3.51. The lowest BCUT2D eigenvalue weighted by molar-refractivity contribution is -0.385. The molecule has 0 aliphatic rings. The number of hydrogen-bond donors (Lipinski definition) is 1. The van der Waals surface area contributed by atoms with Crippen LogP contribution in [0.3, 0.4) is 0 Å². The number of sulfonamides is 1. The van der Waals surface area contributed by atoms with Gasteiger partial charge in [-0.1, -0.05) is 12.1 Å². The van der Waals surface area contributed by atoms with E-state index in [1.807, 2.05) is 0 Å². The molecule has 0 spiro atoms. The predicted octanol–water partition coefficient (Wildman–Crippen LogP) is 2.81. The smallest absolute Gasteiger partial charge is 0.271 e. The van der Waals surface area contributed by atoms with Gasteiger partial charge in [0.2, 0.25) is 0 Å². The maximum atomic E-state index is 13.0. The van der Waals surface area contributed by atoms with Crippen LogP contribution in [0.15, 0.2) is 47.6 Å². The molecule has 2 aromatic carbocycles. The molecule has 140 valence electrons. The Balaban J connectivity index is 2.10. The van der Waals surface area contributed by atoms with Crippen LogP contribution in [-0.4, -0.2) is 28.1 Å². The lowest BCUT2D eigenvalue weighted by atomic mass is 10.1. The Hall–Kier alpha value is -3.27. The predicted molar refractivity (Wildman–Crippen MR) is 99.8 cm³/mol. The van der Waals surface area contributed by atoms with Crippen molar-refractivity contribution >= 4 is 21.4 Å². The van der Waals surface area contributed by atoms with E-state index in [0.29, 0.717) is 28.2 Å². The molecule has 1 aromatic heterocycles. The van der Waals surface area contributed by atoms with Gasteiger partial charge in [-0.05, 0) is 37.1 Å². The number of rotatable bonds is 5. The summed E-state index contributed by atoms with van der Waals surface area (Å²) < 4.78 is 30.1. The Morgan fingerprint density at radius 3 is 2.52 bits per heavy atom. The van der Waals surface area contributed by atoms with Crippen LogP contribution in [0.5, 0.6) is 0 Å². The topological polar surface area (TPSA) is 120 Å². The number of non-ortho nitro benzene ring substituents is 1. The van der Waals surface area contributed by atoms with Crippen molar-refractivity contribution in [1.82, 2.24) is 14.8 Å². The van der Waals surface area contributed by atoms with Gasteiger partial charge in [0, 0.05) is 24.7 Å². The zero-order valence-electron chi connectivity index (χ0n) is 14.9. The molecule has 3 aromatic rings. The van der Waals surface area contributed by atoms with E-state index in [0.717, 1.165) is 6.07 Å². The fraction of sp³-hybridized carbons (Fsp3) is 0.176. The molecule has 0 bridgehead atoms. The van der Waals surface area contributed by atoms with Gasteiger partial charge in [0.1, 0.15) is 6.33 Å². The van der Waals surface area contributed by atoms with E-state index in [9.17, 15) is 18.5 Å². The number of anilines is 1. The first kappa shape index (κ1) is 18.5. The highest BCUT2D eigenvalue weighted by atomic mass is 32.2. The molecule has 0 saturated heterocycles. The number of aromatic nitrogens is 3. The molecule has 0 saturated carbocycles. The van der Waals surface area contributed by atoms with Gasteiger partial charge in [0.15, 0.2) is 5.82 Å². The molecular formula is C17H17N5O4S. The maximum absolute atomic E-state index is 13.0.